The molecule has 0 fully saturated rings. The van der Waals surface area contributed by atoms with E-state index < -0.39 is 6.29 Å². The van der Waals surface area contributed by atoms with Crippen LogP contribution in [0.2, 0.25) is 0 Å². The average Bonchev–Trinajstić information content (AvgIpc) is 2.38. The predicted molar refractivity (Wildman–Crippen MR) is 83.7 cm³/mol. The lowest BCUT2D eigenvalue weighted by atomic mass is 10.1. The van der Waals surface area contributed by atoms with Crippen molar-refractivity contribution < 1.29 is 14.3 Å². The Balaban J connectivity index is 4.06. The molecule has 0 radical (unpaired) electrons. The highest BCUT2D eigenvalue weighted by atomic mass is 16.7. The molecular weight excluding hydrogens is 252 g/mol. The lowest BCUT2D eigenvalue weighted by molar-refractivity contribution is -0.167. The van der Waals surface area contributed by atoms with Crippen LogP contribution in [0.25, 0.3) is 0 Å². The summed E-state index contributed by atoms with van der Waals surface area (Å²) >= 11 is 0. The van der Waals surface area contributed by atoms with Gasteiger partial charge in [-0.25, -0.2) is 0 Å². The third kappa shape index (κ3) is 9.93. The summed E-state index contributed by atoms with van der Waals surface area (Å²) in [6.45, 7) is 11.1. The monoisotopic (exact) mass is 282 g/mol. The maximum absolute atomic E-state index is 11.9. The smallest absolute Gasteiger partial charge is 0.217 e. The van der Waals surface area contributed by atoms with Gasteiger partial charge >= 0.3 is 0 Å². The van der Waals surface area contributed by atoms with Gasteiger partial charge in [-0.3, -0.25) is 4.79 Å². The van der Waals surface area contributed by atoms with E-state index in [4.69, 9.17) is 9.47 Å². The van der Waals surface area contributed by atoms with Crippen LogP contribution in [0.15, 0.2) is 23.3 Å². The molecule has 0 heterocycles. The molecule has 3 heteroatoms. The molecule has 0 aliphatic carbocycles. The molecule has 0 saturated heterocycles. The van der Waals surface area contributed by atoms with E-state index in [0.29, 0.717) is 19.6 Å². The number of ketones is 1. The van der Waals surface area contributed by atoms with E-state index in [1.807, 2.05) is 13.8 Å². The Bertz CT molecular complexity index is 319. The Morgan fingerprint density at radius 2 is 1.50 bits per heavy atom. The molecular formula is C17H30O3. The average molecular weight is 282 g/mol. The first-order valence-corrected chi connectivity index (χ1v) is 7.56. The van der Waals surface area contributed by atoms with Crippen LogP contribution in [0, 0.1) is 0 Å². The largest absolute Gasteiger partial charge is 0.346 e. The van der Waals surface area contributed by atoms with E-state index in [0.717, 1.165) is 19.3 Å². The molecule has 0 aromatic heterocycles. The van der Waals surface area contributed by atoms with Crippen molar-refractivity contribution in [1.29, 1.82) is 0 Å². The molecule has 0 aliphatic rings. The highest BCUT2D eigenvalue weighted by molar-refractivity contribution is 5.81. The summed E-state index contributed by atoms with van der Waals surface area (Å²) in [6.07, 6.45) is 7.05. The van der Waals surface area contributed by atoms with E-state index >= 15 is 0 Å². The summed E-state index contributed by atoms with van der Waals surface area (Å²) in [4.78, 5) is 11.9. The molecule has 0 saturated carbocycles. The number of carbonyl (C=O) groups is 1. The van der Waals surface area contributed by atoms with Gasteiger partial charge in [-0.05, 0) is 53.9 Å². The zero-order valence-electron chi connectivity index (χ0n) is 13.7. The predicted octanol–water partition coefficient (Wildman–Crippen LogP) is 4.43. The van der Waals surface area contributed by atoms with Gasteiger partial charge in [0.15, 0.2) is 5.78 Å². The lowest BCUT2D eigenvalue weighted by Crippen LogP contribution is -2.27. The van der Waals surface area contributed by atoms with Gasteiger partial charge in [0, 0.05) is 19.6 Å². The van der Waals surface area contributed by atoms with E-state index in [9.17, 15) is 4.79 Å². The van der Waals surface area contributed by atoms with Crippen molar-refractivity contribution in [3.05, 3.63) is 23.3 Å². The van der Waals surface area contributed by atoms with E-state index in [2.05, 4.69) is 32.9 Å². The number of hydrogen-bond donors (Lipinski definition) is 0. The summed E-state index contributed by atoms with van der Waals surface area (Å²) in [5.74, 6) is 0.0297. The number of ether oxygens (including phenoxy) is 2. The molecule has 3 nitrogen and oxygen atoms in total. The highest BCUT2D eigenvalue weighted by Gasteiger charge is 2.17. The molecule has 20 heavy (non-hydrogen) atoms. The normalized spacial score (nSPS) is 11.8. The molecule has 0 rings (SSSR count). The van der Waals surface area contributed by atoms with Crippen LogP contribution < -0.4 is 0 Å². The van der Waals surface area contributed by atoms with Crippen molar-refractivity contribution in [3.63, 3.8) is 0 Å². The van der Waals surface area contributed by atoms with Gasteiger partial charge in [0.1, 0.15) is 0 Å². The van der Waals surface area contributed by atoms with Crippen LogP contribution in [-0.2, 0) is 14.3 Å². The van der Waals surface area contributed by atoms with Crippen molar-refractivity contribution in [2.45, 2.75) is 66.6 Å². The molecule has 116 valence electrons. The minimum absolute atomic E-state index is 0.0297. The standard InChI is InChI=1S/C17H30O3/c1-6-19-17(20-7-2)16(18)13-9-12-15(5)11-8-10-14(3)4/h10,12,17H,6-9,11,13H2,1-5H3/b15-12+. The van der Waals surface area contributed by atoms with Gasteiger partial charge in [-0.15, -0.1) is 0 Å². The summed E-state index contributed by atoms with van der Waals surface area (Å²) in [5, 5.41) is 0. The third-order valence-corrected chi connectivity index (χ3v) is 2.87. The fourth-order valence-corrected chi connectivity index (χ4v) is 1.81. The van der Waals surface area contributed by atoms with Crippen molar-refractivity contribution in [1.82, 2.24) is 0 Å². The van der Waals surface area contributed by atoms with Gasteiger partial charge in [0.25, 0.3) is 0 Å². The summed E-state index contributed by atoms with van der Waals surface area (Å²) in [6, 6.07) is 0. The Hall–Kier alpha value is -0.930. The quantitative estimate of drug-likeness (QED) is 0.415. The topological polar surface area (TPSA) is 35.5 Å². The first-order chi connectivity index (χ1) is 9.51. The van der Waals surface area contributed by atoms with Gasteiger partial charge in [-0.2, -0.15) is 0 Å². The van der Waals surface area contributed by atoms with E-state index in [-0.39, 0.29) is 5.78 Å². The SMILES string of the molecule is CCOC(OCC)C(=O)CC/C=C(\C)CCC=C(C)C. The fourth-order valence-electron chi connectivity index (χ4n) is 1.81. The molecule has 0 spiro atoms. The Labute approximate surface area is 124 Å². The highest BCUT2D eigenvalue weighted by Crippen LogP contribution is 2.10. The van der Waals surface area contributed by atoms with Crippen LogP contribution >= 0.6 is 0 Å². The van der Waals surface area contributed by atoms with Gasteiger partial charge < -0.3 is 9.47 Å². The van der Waals surface area contributed by atoms with Crippen LogP contribution in [-0.4, -0.2) is 25.3 Å². The maximum atomic E-state index is 11.9. The Morgan fingerprint density at radius 3 is 2.00 bits per heavy atom. The fraction of sp³-hybridized carbons (Fsp3) is 0.706. The minimum Gasteiger partial charge on any atom is -0.346 e. The van der Waals surface area contributed by atoms with E-state index in [1.54, 1.807) is 0 Å². The van der Waals surface area contributed by atoms with Crippen LogP contribution in [0.1, 0.15) is 60.3 Å². The second-order valence-electron chi connectivity index (χ2n) is 5.12. The van der Waals surface area contributed by atoms with Crippen LogP contribution in [0.4, 0.5) is 0 Å². The van der Waals surface area contributed by atoms with Crippen molar-refractivity contribution in [2.75, 3.05) is 13.2 Å². The van der Waals surface area contributed by atoms with Gasteiger partial charge in [0.2, 0.25) is 6.29 Å². The van der Waals surface area contributed by atoms with Gasteiger partial charge in [0.05, 0.1) is 0 Å². The van der Waals surface area contributed by atoms with Gasteiger partial charge in [-0.1, -0.05) is 23.3 Å². The third-order valence-electron chi connectivity index (χ3n) is 2.87. The van der Waals surface area contributed by atoms with Crippen molar-refractivity contribution in [2.24, 2.45) is 0 Å². The minimum atomic E-state index is -0.690. The molecule has 0 bridgehead atoms. The first-order valence-electron chi connectivity index (χ1n) is 7.56. The molecule has 0 unspecified atom stereocenters. The van der Waals surface area contributed by atoms with Crippen molar-refractivity contribution >= 4 is 5.78 Å². The Morgan fingerprint density at radius 1 is 0.950 bits per heavy atom. The van der Waals surface area contributed by atoms with Crippen molar-refractivity contribution in [3.8, 4) is 0 Å². The number of hydrogen-bond acceptors (Lipinski definition) is 3. The molecule has 0 aliphatic heterocycles. The second kappa shape index (κ2) is 11.9. The molecule has 0 atom stereocenters. The zero-order chi connectivity index (χ0) is 15.4. The van der Waals surface area contributed by atoms with E-state index in [1.165, 1.54) is 11.1 Å². The molecule has 0 aromatic rings. The van der Waals surface area contributed by atoms with Crippen LogP contribution in [0.3, 0.4) is 0 Å². The second-order valence-corrected chi connectivity index (χ2v) is 5.12. The Kier molecular flexibility index (Phi) is 11.3. The summed E-state index contributed by atoms with van der Waals surface area (Å²) < 4.78 is 10.6. The molecule has 0 aromatic carbocycles. The number of rotatable bonds is 11. The molecule has 0 amide bonds. The maximum Gasteiger partial charge on any atom is 0.217 e. The lowest BCUT2D eigenvalue weighted by Gasteiger charge is -2.15. The first kappa shape index (κ1) is 19.1. The number of allylic oxidation sites excluding steroid dienone is 4. The number of Topliss-reactive ketones (excluding diaryl/α,β-unsaturated/α-hetero) is 1. The van der Waals surface area contributed by atoms with Crippen LogP contribution in [0.5, 0.6) is 0 Å². The summed E-state index contributed by atoms with van der Waals surface area (Å²) in [5.41, 5.74) is 2.68. The molecule has 0 N–H and O–H groups in total. The number of carbonyl (C=O) groups excluding carboxylic acids is 1. The zero-order valence-corrected chi connectivity index (χ0v) is 13.7. The summed E-state index contributed by atoms with van der Waals surface area (Å²) in [7, 11) is 0.